The zero-order valence-corrected chi connectivity index (χ0v) is 13.3. The van der Waals surface area contributed by atoms with E-state index in [1.54, 1.807) is 31.2 Å². The monoisotopic (exact) mass is 314 g/mol. The Labute approximate surface area is 130 Å². The highest BCUT2D eigenvalue weighted by Gasteiger charge is 2.39. The average Bonchev–Trinajstić information content (AvgIpc) is 2.47. The summed E-state index contributed by atoms with van der Waals surface area (Å²) in [4.78, 5) is 2.33. The first kappa shape index (κ1) is 17.1. The first-order valence-electron chi connectivity index (χ1n) is 7.99. The van der Waals surface area contributed by atoms with Gasteiger partial charge in [0.1, 0.15) is 0 Å². The van der Waals surface area contributed by atoms with E-state index in [0.717, 1.165) is 25.3 Å². The molecule has 0 radical (unpaired) electrons. The smallest absolute Gasteiger partial charge is 0.385 e. The third-order valence-electron chi connectivity index (χ3n) is 4.55. The summed E-state index contributed by atoms with van der Waals surface area (Å²) >= 11 is 0. The molecule has 1 heterocycles. The molecule has 0 aliphatic carbocycles. The van der Waals surface area contributed by atoms with Crippen LogP contribution >= 0.6 is 0 Å². The molecule has 0 bridgehead atoms. The predicted octanol–water partition coefficient (Wildman–Crippen LogP) is 4.50. The van der Waals surface area contributed by atoms with Gasteiger partial charge in [-0.05, 0) is 63.0 Å². The number of alkyl halides is 3. The van der Waals surface area contributed by atoms with E-state index in [4.69, 9.17) is 0 Å². The van der Waals surface area contributed by atoms with Crippen molar-refractivity contribution >= 4 is 5.69 Å². The second kappa shape index (κ2) is 7.36. The van der Waals surface area contributed by atoms with E-state index in [-0.39, 0.29) is 6.42 Å². The van der Waals surface area contributed by atoms with E-state index in [1.807, 2.05) is 0 Å². The van der Waals surface area contributed by atoms with Crippen LogP contribution in [0.2, 0.25) is 0 Å². The van der Waals surface area contributed by atoms with Gasteiger partial charge < -0.3 is 10.2 Å². The molecule has 124 valence electrons. The Bertz CT molecular complexity index is 448. The van der Waals surface area contributed by atoms with Crippen LogP contribution in [-0.2, 0) is 0 Å². The van der Waals surface area contributed by atoms with Crippen molar-refractivity contribution in [2.75, 3.05) is 32.0 Å². The van der Waals surface area contributed by atoms with Crippen LogP contribution in [0.25, 0.3) is 0 Å². The Kier molecular flexibility index (Phi) is 5.73. The SMILES string of the molecule is CCC(c1ccc(NCC2CCN(C)CC2)cc1)C(F)(F)F. The molecule has 1 aliphatic rings. The summed E-state index contributed by atoms with van der Waals surface area (Å²) in [6, 6.07) is 6.72. The van der Waals surface area contributed by atoms with Gasteiger partial charge in [0.05, 0.1) is 5.92 Å². The molecular formula is C17H25F3N2. The molecule has 2 nitrogen and oxygen atoms in total. The van der Waals surface area contributed by atoms with Crippen LogP contribution in [-0.4, -0.2) is 37.8 Å². The molecule has 0 amide bonds. The standard InChI is InChI=1S/C17H25F3N2/c1-3-16(17(18,19)20)14-4-6-15(7-5-14)21-12-13-8-10-22(2)11-9-13/h4-7,13,16,21H,3,8-12H2,1-2H3. The third-order valence-corrected chi connectivity index (χ3v) is 4.55. The molecule has 0 aromatic heterocycles. The van der Waals surface area contributed by atoms with Crippen LogP contribution in [0, 0.1) is 5.92 Å². The lowest BCUT2D eigenvalue weighted by molar-refractivity contribution is -0.151. The summed E-state index contributed by atoms with van der Waals surface area (Å²) in [5.41, 5.74) is 1.25. The molecule has 2 rings (SSSR count). The van der Waals surface area contributed by atoms with Gasteiger partial charge in [-0.3, -0.25) is 0 Å². The maximum Gasteiger partial charge on any atom is 0.395 e. The van der Waals surface area contributed by atoms with Crippen LogP contribution in [0.1, 0.15) is 37.7 Å². The van der Waals surface area contributed by atoms with Crippen molar-refractivity contribution in [3.8, 4) is 0 Å². The maximum absolute atomic E-state index is 12.9. The van der Waals surface area contributed by atoms with Gasteiger partial charge in [0.2, 0.25) is 0 Å². The van der Waals surface area contributed by atoms with Crippen LogP contribution in [0.4, 0.5) is 18.9 Å². The first-order valence-corrected chi connectivity index (χ1v) is 7.99. The van der Waals surface area contributed by atoms with Crippen LogP contribution in [0.5, 0.6) is 0 Å². The number of piperidine rings is 1. The van der Waals surface area contributed by atoms with E-state index in [9.17, 15) is 13.2 Å². The number of nitrogens with zero attached hydrogens (tertiary/aromatic N) is 1. The number of halogens is 3. The number of hydrogen-bond donors (Lipinski definition) is 1. The summed E-state index contributed by atoms with van der Waals surface area (Å²) in [5.74, 6) is -0.718. The Morgan fingerprint density at radius 3 is 2.27 bits per heavy atom. The van der Waals surface area contributed by atoms with Gasteiger partial charge in [-0.2, -0.15) is 13.2 Å². The van der Waals surface area contributed by atoms with E-state index in [1.165, 1.54) is 12.8 Å². The molecule has 1 aromatic carbocycles. The maximum atomic E-state index is 12.9. The van der Waals surface area contributed by atoms with E-state index >= 15 is 0 Å². The second-order valence-corrected chi connectivity index (χ2v) is 6.25. The number of nitrogens with one attached hydrogen (secondary N) is 1. The normalized spacial score (nSPS) is 19.1. The van der Waals surface area contributed by atoms with Crippen molar-refractivity contribution < 1.29 is 13.2 Å². The largest absolute Gasteiger partial charge is 0.395 e. The third kappa shape index (κ3) is 4.63. The summed E-state index contributed by atoms with van der Waals surface area (Å²) in [6.45, 7) is 4.71. The van der Waals surface area contributed by atoms with Crippen LogP contribution < -0.4 is 5.32 Å². The van der Waals surface area contributed by atoms with Crippen molar-refractivity contribution in [2.45, 2.75) is 38.3 Å². The second-order valence-electron chi connectivity index (χ2n) is 6.25. The molecule has 1 N–H and O–H groups in total. The lowest BCUT2D eigenvalue weighted by atomic mass is 9.95. The quantitative estimate of drug-likeness (QED) is 0.861. The molecule has 1 atom stereocenters. The minimum Gasteiger partial charge on any atom is -0.385 e. The topological polar surface area (TPSA) is 15.3 Å². The molecular weight excluding hydrogens is 289 g/mol. The summed E-state index contributed by atoms with van der Waals surface area (Å²) < 4.78 is 38.7. The highest BCUT2D eigenvalue weighted by molar-refractivity contribution is 5.45. The fourth-order valence-corrected chi connectivity index (χ4v) is 3.02. The number of hydrogen-bond acceptors (Lipinski definition) is 2. The predicted molar refractivity (Wildman–Crippen MR) is 84.2 cm³/mol. The average molecular weight is 314 g/mol. The zero-order chi connectivity index (χ0) is 16.2. The van der Waals surface area contributed by atoms with Gasteiger partial charge in [0.25, 0.3) is 0 Å². The van der Waals surface area contributed by atoms with Crippen molar-refractivity contribution in [3.63, 3.8) is 0 Å². The number of anilines is 1. The molecule has 1 aromatic rings. The van der Waals surface area contributed by atoms with E-state index in [0.29, 0.717) is 11.5 Å². The summed E-state index contributed by atoms with van der Waals surface area (Å²) in [6.07, 6.45) is -1.75. The Morgan fingerprint density at radius 1 is 1.18 bits per heavy atom. The molecule has 22 heavy (non-hydrogen) atoms. The van der Waals surface area contributed by atoms with Gasteiger partial charge in [0, 0.05) is 12.2 Å². The lowest BCUT2D eigenvalue weighted by Crippen LogP contribution is -2.32. The molecule has 1 saturated heterocycles. The van der Waals surface area contributed by atoms with Gasteiger partial charge in [-0.15, -0.1) is 0 Å². The van der Waals surface area contributed by atoms with Crippen molar-refractivity contribution in [3.05, 3.63) is 29.8 Å². The summed E-state index contributed by atoms with van der Waals surface area (Å²) in [7, 11) is 2.13. The van der Waals surface area contributed by atoms with Crippen molar-refractivity contribution in [1.29, 1.82) is 0 Å². The number of benzene rings is 1. The van der Waals surface area contributed by atoms with Gasteiger partial charge in [0.15, 0.2) is 0 Å². The molecule has 1 fully saturated rings. The number of likely N-dealkylation sites (tertiary alicyclic amines) is 1. The molecule has 0 spiro atoms. The highest BCUT2D eigenvalue weighted by Crippen LogP contribution is 2.37. The molecule has 1 unspecified atom stereocenters. The van der Waals surface area contributed by atoms with Crippen molar-refractivity contribution in [2.24, 2.45) is 5.92 Å². The highest BCUT2D eigenvalue weighted by atomic mass is 19.4. The zero-order valence-electron chi connectivity index (χ0n) is 13.3. The number of rotatable bonds is 5. The minimum absolute atomic E-state index is 0.0753. The fourth-order valence-electron chi connectivity index (χ4n) is 3.02. The van der Waals surface area contributed by atoms with Gasteiger partial charge in [-0.25, -0.2) is 0 Å². The van der Waals surface area contributed by atoms with E-state index in [2.05, 4.69) is 17.3 Å². The Balaban J connectivity index is 1.89. The Hall–Kier alpha value is -1.23. The minimum atomic E-state index is -4.17. The van der Waals surface area contributed by atoms with Crippen LogP contribution in [0.15, 0.2) is 24.3 Å². The fraction of sp³-hybridized carbons (Fsp3) is 0.647. The molecule has 1 aliphatic heterocycles. The van der Waals surface area contributed by atoms with E-state index < -0.39 is 12.1 Å². The van der Waals surface area contributed by atoms with Crippen LogP contribution in [0.3, 0.4) is 0 Å². The van der Waals surface area contributed by atoms with Gasteiger partial charge >= 0.3 is 6.18 Å². The molecule has 5 heteroatoms. The Morgan fingerprint density at radius 2 is 1.77 bits per heavy atom. The van der Waals surface area contributed by atoms with Crippen molar-refractivity contribution in [1.82, 2.24) is 4.90 Å². The lowest BCUT2D eigenvalue weighted by Gasteiger charge is -2.29. The van der Waals surface area contributed by atoms with Gasteiger partial charge in [-0.1, -0.05) is 19.1 Å². The first-order chi connectivity index (χ1) is 10.4. The molecule has 0 saturated carbocycles. The summed E-state index contributed by atoms with van der Waals surface area (Å²) in [5, 5.41) is 3.35.